The van der Waals surface area contributed by atoms with Gasteiger partial charge in [0.15, 0.2) is 0 Å². The largest absolute Gasteiger partial charge is 0.508 e. The summed E-state index contributed by atoms with van der Waals surface area (Å²) in [6.07, 6.45) is 0. The molecule has 0 amide bonds. The van der Waals surface area contributed by atoms with Gasteiger partial charge in [-0.25, -0.2) is 0 Å². The number of phenolic OH excluding ortho intramolecular Hbond substituents is 5. The van der Waals surface area contributed by atoms with Gasteiger partial charge in [0.25, 0.3) is 0 Å². The molecule has 0 aliphatic carbocycles. The molecule has 0 bridgehead atoms. The molecule has 0 unspecified atom stereocenters. The van der Waals surface area contributed by atoms with E-state index in [9.17, 15) is 0 Å². The molecule has 0 aromatic heterocycles. The summed E-state index contributed by atoms with van der Waals surface area (Å²) < 4.78 is 0. The zero-order valence-electron chi connectivity index (χ0n) is 16.6. The molecular weight excluding hydrogens is 380 g/mol. The van der Waals surface area contributed by atoms with Gasteiger partial charge in [0.2, 0.25) is 0 Å². The molecule has 0 radical (unpaired) electrons. The summed E-state index contributed by atoms with van der Waals surface area (Å²) in [7, 11) is 0. The highest BCUT2D eigenvalue weighted by Gasteiger charge is 1.97. The minimum Gasteiger partial charge on any atom is -0.508 e. The van der Waals surface area contributed by atoms with Gasteiger partial charge in [-0.15, -0.1) is 0 Å². The van der Waals surface area contributed by atoms with Gasteiger partial charge in [-0.2, -0.15) is 0 Å². The number of hydrogen-bond donors (Lipinski definition) is 5. The van der Waals surface area contributed by atoms with Crippen molar-refractivity contribution in [1.82, 2.24) is 0 Å². The summed E-state index contributed by atoms with van der Waals surface area (Å²) in [6.45, 7) is 1.66. The number of phenols is 5. The van der Waals surface area contributed by atoms with Crippen molar-refractivity contribution in [2.24, 2.45) is 0 Å². The first kappa shape index (κ1) is 23.9. The van der Waals surface area contributed by atoms with E-state index in [4.69, 9.17) is 25.5 Å². The molecular formula is C25H26O5. The van der Waals surface area contributed by atoms with E-state index in [0.717, 1.165) is 0 Å². The standard InChI is InChI=1S/C7H8O2.3C6H6O/c1-5-6(8)3-2-4-7(5)9;3*7-6-4-2-1-3-5-6/h2-4,8-9H,1H3;3*1-5,7H. The predicted molar refractivity (Wildman–Crippen MR) is 119 cm³/mol. The quantitative estimate of drug-likeness (QED) is 0.262. The molecule has 0 aliphatic rings. The molecule has 0 aliphatic heterocycles. The Kier molecular flexibility index (Phi) is 11.1. The smallest absolute Gasteiger partial charge is 0.122 e. The van der Waals surface area contributed by atoms with Crippen LogP contribution in [0.3, 0.4) is 0 Å². The van der Waals surface area contributed by atoms with E-state index in [-0.39, 0.29) is 11.5 Å². The molecule has 156 valence electrons. The molecule has 30 heavy (non-hydrogen) atoms. The van der Waals surface area contributed by atoms with Gasteiger partial charge in [0.05, 0.1) is 0 Å². The summed E-state index contributed by atoms with van der Waals surface area (Å²) in [5, 5.41) is 43.8. The van der Waals surface area contributed by atoms with Gasteiger partial charge in [-0.05, 0) is 55.5 Å². The lowest BCUT2D eigenvalue weighted by Gasteiger charge is -1.98. The van der Waals surface area contributed by atoms with Crippen molar-refractivity contribution in [3.8, 4) is 28.7 Å². The summed E-state index contributed by atoms with van der Waals surface area (Å²) in [5.41, 5.74) is 0.525. The SMILES string of the molecule is Cc1c(O)cccc1O.Oc1ccccc1.Oc1ccccc1.Oc1ccccc1. The molecule has 0 saturated carbocycles. The lowest BCUT2D eigenvalue weighted by Crippen LogP contribution is -1.73. The average Bonchev–Trinajstić information content (AvgIpc) is 2.75. The Morgan fingerprint density at radius 3 is 0.800 bits per heavy atom. The van der Waals surface area contributed by atoms with Crippen LogP contribution in [0, 0.1) is 6.92 Å². The van der Waals surface area contributed by atoms with Gasteiger partial charge in [-0.3, -0.25) is 0 Å². The predicted octanol–water partition coefficient (Wildman–Crippen LogP) is 5.58. The Hall–Kier alpha value is -4.12. The van der Waals surface area contributed by atoms with Crippen LogP contribution in [0.15, 0.2) is 109 Å². The van der Waals surface area contributed by atoms with Crippen LogP contribution in [0.25, 0.3) is 0 Å². The number of rotatable bonds is 0. The average molecular weight is 406 g/mol. The number of aromatic hydroxyl groups is 5. The summed E-state index contributed by atoms with van der Waals surface area (Å²) in [5.74, 6) is 1.23. The van der Waals surface area contributed by atoms with Crippen molar-refractivity contribution in [3.63, 3.8) is 0 Å². The Labute approximate surface area is 176 Å². The Morgan fingerprint density at radius 1 is 0.367 bits per heavy atom. The van der Waals surface area contributed by atoms with E-state index >= 15 is 0 Å². The lowest BCUT2D eigenvalue weighted by atomic mass is 10.2. The first-order chi connectivity index (χ1) is 14.4. The third kappa shape index (κ3) is 10.9. The van der Waals surface area contributed by atoms with Crippen LogP contribution in [-0.2, 0) is 0 Å². The Bertz CT molecular complexity index is 833. The molecule has 5 heteroatoms. The molecule has 5 nitrogen and oxygen atoms in total. The maximum absolute atomic E-state index is 8.94. The van der Waals surface area contributed by atoms with Crippen LogP contribution >= 0.6 is 0 Å². The fourth-order valence-electron chi connectivity index (χ4n) is 1.90. The van der Waals surface area contributed by atoms with Gasteiger partial charge in [0.1, 0.15) is 28.7 Å². The van der Waals surface area contributed by atoms with Crippen LogP contribution in [0.5, 0.6) is 28.7 Å². The highest BCUT2D eigenvalue weighted by atomic mass is 16.3. The van der Waals surface area contributed by atoms with E-state index in [2.05, 4.69) is 0 Å². The Morgan fingerprint density at radius 2 is 0.633 bits per heavy atom. The molecule has 4 aromatic carbocycles. The first-order valence-electron chi connectivity index (χ1n) is 9.09. The van der Waals surface area contributed by atoms with Gasteiger partial charge < -0.3 is 25.5 Å². The van der Waals surface area contributed by atoms with E-state index in [1.807, 2.05) is 18.2 Å². The molecule has 4 aromatic rings. The minimum absolute atomic E-state index is 0.134. The fourth-order valence-corrected chi connectivity index (χ4v) is 1.90. The van der Waals surface area contributed by atoms with Gasteiger partial charge in [0, 0.05) is 5.56 Å². The second kappa shape index (κ2) is 14.0. The van der Waals surface area contributed by atoms with E-state index < -0.39 is 0 Å². The van der Waals surface area contributed by atoms with Crippen LogP contribution in [0.1, 0.15) is 5.56 Å². The molecule has 0 spiro atoms. The van der Waals surface area contributed by atoms with Crippen molar-refractivity contribution in [1.29, 1.82) is 0 Å². The fraction of sp³-hybridized carbons (Fsp3) is 0.0400. The van der Waals surface area contributed by atoms with Crippen LogP contribution in [-0.4, -0.2) is 25.5 Å². The molecule has 0 fully saturated rings. The molecule has 5 N–H and O–H groups in total. The number of hydrogen-bond acceptors (Lipinski definition) is 5. The Balaban J connectivity index is 0.000000201. The second-order valence-corrected chi connectivity index (χ2v) is 5.93. The molecule has 4 rings (SSSR count). The molecule has 0 saturated heterocycles. The van der Waals surface area contributed by atoms with Gasteiger partial charge >= 0.3 is 0 Å². The van der Waals surface area contributed by atoms with Crippen LogP contribution in [0.2, 0.25) is 0 Å². The summed E-state index contributed by atoms with van der Waals surface area (Å²) >= 11 is 0. The van der Waals surface area contributed by atoms with Crippen molar-refractivity contribution in [3.05, 3.63) is 115 Å². The summed E-state index contributed by atoms with van der Waals surface area (Å²) in [4.78, 5) is 0. The minimum atomic E-state index is 0.134. The van der Waals surface area contributed by atoms with E-state index in [1.54, 1.807) is 85.8 Å². The number of benzene rings is 4. The van der Waals surface area contributed by atoms with Crippen molar-refractivity contribution in [2.75, 3.05) is 0 Å². The second-order valence-electron chi connectivity index (χ2n) is 5.93. The third-order valence-electron chi connectivity index (χ3n) is 3.55. The van der Waals surface area contributed by atoms with Crippen molar-refractivity contribution >= 4 is 0 Å². The van der Waals surface area contributed by atoms with E-state index in [0.29, 0.717) is 22.8 Å². The molecule has 0 heterocycles. The van der Waals surface area contributed by atoms with Crippen molar-refractivity contribution < 1.29 is 25.5 Å². The highest BCUT2D eigenvalue weighted by Crippen LogP contribution is 2.23. The zero-order valence-corrected chi connectivity index (χ0v) is 16.6. The highest BCUT2D eigenvalue weighted by molar-refractivity contribution is 5.41. The normalized spacial score (nSPS) is 8.83. The van der Waals surface area contributed by atoms with Crippen molar-refractivity contribution in [2.45, 2.75) is 6.92 Å². The molecule has 0 atom stereocenters. The van der Waals surface area contributed by atoms with E-state index in [1.165, 1.54) is 12.1 Å². The maximum atomic E-state index is 8.94. The monoisotopic (exact) mass is 406 g/mol. The lowest BCUT2D eigenvalue weighted by molar-refractivity contribution is 0.443. The maximum Gasteiger partial charge on any atom is 0.122 e. The van der Waals surface area contributed by atoms with Crippen LogP contribution < -0.4 is 0 Å². The van der Waals surface area contributed by atoms with Crippen LogP contribution in [0.4, 0.5) is 0 Å². The summed E-state index contributed by atoms with van der Waals surface area (Å²) in [6, 6.07) is 30.8. The third-order valence-corrected chi connectivity index (χ3v) is 3.55. The zero-order chi connectivity index (χ0) is 22.2. The number of para-hydroxylation sites is 3. The first-order valence-corrected chi connectivity index (χ1v) is 9.09. The van der Waals surface area contributed by atoms with Gasteiger partial charge in [-0.1, -0.05) is 60.7 Å². The topological polar surface area (TPSA) is 101 Å².